The van der Waals surface area contributed by atoms with E-state index >= 15 is 0 Å². The molecule has 1 N–H and O–H groups in total. The van der Waals surface area contributed by atoms with Gasteiger partial charge in [0.1, 0.15) is 5.76 Å². The Labute approximate surface area is 183 Å². The van der Waals surface area contributed by atoms with Crippen LogP contribution in [0.15, 0.2) is 40.2 Å². The first kappa shape index (κ1) is 21.5. The maximum absolute atomic E-state index is 12.0. The first-order valence-corrected chi connectivity index (χ1v) is 11.5. The third kappa shape index (κ3) is 5.68. The highest BCUT2D eigenvalue weighted by molar-refractivity contribution is 5.88. The predicted octanol–water partition coefficient (Wildman–Crippen LogP) is 3.42. The summed E-state index contributed by atoms with van der Waals surface area (Å²) in [6.45, 7) is 4.67. The third-order valence-corrected chi connectivity index (χ3v) is 6.07. The summed E-state index contributed by atoms with van der Waals surface area (Å²) in [5, 5.41) is 8.17. The van der Waals surface area contributed by atoms with Crippen molar-refractivity contribution in [1.29, 1.82) is 0 Å². The molecule has 2 aromatic heterocycles. The van der Waals surface area contributed by atoms with Crippen molar-refractivity contribution in [3.05, 3.63) is 42.1 Å². The molecule has 2 aliphatic rings. The molecule has 8 heteroatoms. The Balaban J connectivity index is 1.43. The van der Waals surface area contributed by atoms with Crippen LogP contribution in [0, 0.1) is 0 Å². The number of furan rings is 1. The van der Waals surface area contributed by atoms with Gasteiger partial charge >= 0.3 is 5.97 Å². The van der Waals surface area contributed by atoms with Crippen molar-refractivity contribution in [2.45, 2.75) is 64.0 Å². The standard InChI is InChI=1S/C23H33N5O3/c1-2-30-22(29)18-15-25-28(16-18)20-9-5-13-27(17-20)23(26-19-7-3-4-8-19)24-12-11-21-10-6-14-31-21/h6,10,14-16,19-20H,2-5,7-9,11-13,17H2,1H3,(H,24,26). The number of nitrogens with zero attached hydrogens (tertiary/aromatic N) is 4. The van der Waals surface area contributed by atoms with Crippen LogP contribution in [0.3, 0.4) is 0 Å². The summed E-state index contributed by atoms with van der Waals surface area (Å²) in [6, 6.07) is 4.62. The van der Waals surface area contributed by atoms with Gasteiger partial charge in [0.25, 0.3) is 0 Å². The number of hydrogen-bond acceptors (Lipinski definition) is 5. The fourth-order valence-corrected chi connectivity index (χ4v) is 4.44. The van der Waals surface area contributed by atoms with Crippen molar-refractivity contribution in [1.82, 2.24) is 20.0 Å². The van der Waals surface area contributed by atoms with Gasteiger partial charge in [0.15, 0.2) is 5.96 Å². The zero-order valence-corrected chi connectivity index (χ0v) is 18.3. The van der Waals surface area contributed by atoms with Gasteiger partial charge in [-0.25, -0.2) is 4.79 Å². The molecule has 1 aliphatic heterocycles. The van der Waals surface area contributed by atoms with Crippen molar-refractivity contribution in [3.8, 4) is 0 Å². The van der Waals surface area contributed by atoms with E-state index in [0.717, 1.165) is 44.1 Å². The van der Waals surface area contributed by atoms with Crippen LogP contribution in [-0.2, 0) is 11.2 Å². The molecule has 8 nitrogen and oxygen atoms in total. The lowest BCUT2D eigenvalue weighted by Crippen LogP contribution is -2.49. The second-order valence-electron chi connectivity index (χ2n) is 8.33. The average molecular weight is 428 g/mol. The SMILES string of the molecule is CCOC(=O)c1cnn(C2CCCN(C(=NCCc3ccco3)NC3CCCC3)C2)c1. The molecule has 1 unspecified atom stereocenters. The number of likely N-dealkylation sites (tertiary alicyclic amines) is 1. The molecular weight excluding hydrogens is 394 g/mol. The Morgan fingerprint density at radius 2 is 2.19 bits per heavy atom. The van der Waals surface area contributed by atoms with Crippen LogP contribution in [-0.4, -0.2) is 58.9 Å². The number of nitrogens with one attached hydrogen (secondary N) is 1. The van der Waals surface area contributed by atoms with Crippen LogP contribution in [0.4, 0.5) is 0 Å². The highest BCUT2D eigenvalue weighted by Gasteiger charge is 2.27. The number of guanidine groups is 1. The van der Waals surface area contributed by atoms with Gasteiger partial charge in [-0.3, -0.25) is 9.67 Å². The lowest BCUT2D eigenvalue weighted by atomic mass is 10.1. The smallest absolute Gasteiger partial charge is 0.341 e. The second kappa shape index (κ2) is 10.5. The minimum absolute atomic E-state index is 0.206. The molecule has 1 saturated carbocycles. The molecule has 31 heavy (non-hydrogen) atoms. The first-order chi connectivity index (χ1) is 15.2. The van der Waals surface area contributed by atoms with E-state index in [9.17, 15) is 4.79 Å². The number of piperidine rings is 1. The fraction of sp³-hybridized carbons (Fsp3) is 0.609. The van der Waals surface area contributed by atoms with Crippen LogP contribution >= 0.6 is 0 Å². The number of carbonyl (C=O) groups is 1. The lowest BCUT2D eigenvalue weighted by Gasteiger charge is -2.36. The Morgan fingerprint density at radius 3 is 2.97 bits per heavy atom. The minimum Gasteiger partial charge on any atom is -0.469 e. The Morgan fingerprint density at radius 1 is 1.32 bits per heavy atom. The summed E-state index contributed by atoms with van der Waals surface area (Å²) in [7, 11) is 0. The summed E-state index contributed by atoms with van der Waals surface area (Å²) < 4.78 is 12.5. The van der Waals surface area contributed by atoms with Gasteiger partial charge in [0, 0.05) is 38.3 Å². The summed E-state index contributed by atoms with van der Waals surface area (Å²) in [6.07, 6.45) is 13.0. The van der Waals surface area contributed by atoms with E-state index in [1.54, 1.807) is 12.5 Å². The Hall–Kier alpha value is -2.77. The molecule has 3 heterocycles. The van der Waals surface area contributed by atoms with Crippen molar-refractivity contribution in [2.24, 2.45) is 4.99 Å². The average Bonchev–Trinajstić information content (AvgIpc) is 3.56. The molecule has 0 radical (unpaired) electrons. The van der Waals surface area contributed by atoms with Crippen LogP contribution in [0.25, 0.3) is 0 Å². The molecule has 2 aromatic rings. The van der Waals surface area contributed by atoms with E-state index in [-0.39, 0.29) is 12.0 Å². The van der Waals surface area contributed by atoms with E-state index in [1.807, 2.05) is 29.9 Å². The second-order valence-corrected chi connectivity index (χ2v) is 8.33. The number of hydrogen-bond donors (Lipinski definition) is 1. The molecule has 0 bridgehead atoms. The molecule has 0 aromatic carbocycles. The molecule has 2 fully saturated rings. The van der Waals surface area contributed by atoms with E-state index in [4.69, 9.17) is 14.1 Å². The van der Waals surface area contributed by atoms with Gasteiger partial charge in [-0.05, 0) is 44.7 Å². The number of aromatic nitrogens is 2. The summed E-state index contributed by atoms with van der Waals surface area (Å²) in [4.78, 5) is 19.3. The van der Waals surface area contributed by atoms with Gasteiger partial charge in [-0.2, -0.15) is 5.10 Å². The molecular formula is C23H33N5O3. The number of aliphatic imine (C=N–C) groups is 1. The molecule has 1 saturated heterocycles. The first-order valence-electron chi connectivity index (χ1n) is 11.5. The highest BCUT2D eigenvalue weighted by atomic mass is 16.5. The molecule has 1 aliphatic carbocycles. The van der Waals surface area contributed by atoms with Crippen LogP contribution in [0.2, 0.25) is 0 Å². The molecule has 168 valence electrons. The third-order valence-electron chi connectivity index (χ3n) is 6.07. The topological polar surface area (TPSA) is 84.9 Å². The van der Waals surface area contributed by atoms with Crippen LogP contribution in [0.1, 0.15) is 67.6 Å². The number of esters is 1. The zero-order valence-electron chi connectivity index (χ0n) is 18.3. The quantitative estimate of drug-likeness (QED) is 0.414. The summed E-state index contributed by atoms with van der Waals surface area (Å²) >= 11 is 0. The maximum Gasteiger partial charge on any atom is 0.341 e. The van der Waals surface area contributed by atoms with Gasteiger partial charge in [-0.15, -0.1) is 0 Å². The molecule has 4 rings (SSSR count). The number of rotatable bonds is 7. The van der Waals surface area contributed by atoms with E-state index in [0.29, 0.717) is 24.8 Å². The summed E-state index contributed by atoms with van der Waals surface area (Å²) in [5.74, 6) is 1.63. The van der Waals surface area contributed by atoms with Gasteiger partial charge in [-0.1, -0.05) is 12.8 Å². The van der Waals surface area contributed by atoms with Crippen molar-refractivity contribution in [3.63, 3.8) is 0 Å². The highest BCUT2D eigenvalue weighted by Crippen LogP contribution is 2.23. The Kier molecular flexibility index (Phi) is 7.27. The molecule has 0 amide bonds. The van der Waals surface area contributed by atoms with E-state index in [1.165, 1.54) is 25.7 Å². The normalized spacial score (nSPS) is 20.2. The number of ether oxygens (including phenoxy) is 1. The zero-order chi connectivity index (χ0) is 21.5. The maximum atomic E-state index is 12.0. The monoisotopic (exact) mass is 427 g/mol. The minimum atomic E-state index is -0.315. The predicted molar refractivity (Wildman–Crippen MR) is 118 cm³/mol. The largest absolute Gasteiger partial charge is 0.469 e. The fourth-order valence-electron chi connectivity index (χ4n) is 4.44. The molecule has 1 atom stereocenters. The van der Waals surface area contributed by atoms with E-state index in [2.05, 4.69) is 15.3 Å². The van der Waals surface area contributed by atoms with Crippen LogP contribution in [0.5, 0.6) is 0 Å². The van der Waals surface area contributed by atoms with Gasteiger partial charge < -0.3 is 19.4 Å². The van der Waals surface area contributed by atoms with Crippen LogP contribution < -0.4 is 5.32 Å². The van der Waals surface area contributed by atoms with Gasteiger partial charge in [0.05, 0.1) is 30.7 Å². The van der Waals surface area contributed by atoms with Gasteiger partial charge in [0.2, 0.25) is 0 Å². The van der Waals surface area contributed by atoms with E-state index < -0.39 is 0 Å². The Bertz CT molecular complexity index is 854. The summed E-state index contributed by atoms with van der Waals surface area (Å²) in [5.41, 5.74) is 0.510. The lowest BCUT2D eigenvalue weighted by molar-refractivity contribution is 0.0526. The van der Waals surface area contributed by atoms with Crippen molar-refractivity contribution >= 4 is 11.9 Å². The van der Waals surface area contributed by atoms with Crippen molar-refractivity contribution < 1.29 is 13.9 Å². The number of carbonyl (C=O) groups excluding carboxylic acids is 1. The van der Waals surface area contributed by atoms with Crippen molar-refractivity contribution in [2.75, 3.05) is 26.2 Å². The molecule has 0 spiro atoms.